The van der Waals surface area contributed by atoms with Crippen molar-refractivity contribution in [2.45, 2.75) is 14.7 Å². The van der Waals surface area contributed by atoms with E-state index >= 15 is 0 Å². The van der Waals surface area contributed by atoms with Crippen molar-refractivity contribution in [1.29, 1.82) is 0 Å². The van der Waals surface area contributed by atoms with Crippen molar-refractivity contribution in [2.24, 2.45) is 0 Å². The molecule has 0 atom stereocenters. The van der Waals surface area contributed by atoms with Crippen LogP contribution in [0.5, 0.6) is 0 Å². The largest absolute Gasteiger partial charge is 0.295 e. The zero-order valence-electron chi connectivity index (χ0n) is 10.7. The monoisotopic (exact) mass is 494 g/mol. The van der Waals surface area contributed by atoms with Gasteiger partial charge in [-0.25, -0.2) is 0 Å². The molecule has 0 aliphatic heterocycles. The lowest BCUT2D eigenvalue weighted by Crippen LogP contribution is -2.07. The number of halogens is 1. The normalized spacial score (nSPS) is 13.4. The lowest BCUT2D eigenvalue weighted by molar-refractivity contribution is 0.478. The smallest absolute Gasteiger partial charge is 0.282 e. The molecule has 0 bridgehead atoms. The fourth-order valence-electron chi connectivity index (χ4n) is 1.93. The summed E-state index contributed by atoms with van der Waals surface area (Å²) in [6, 6.07) is 3.27. The Hall–Kier alpha value is -0.840. The molecule has 0 unspecified atom stereocenters. The summed E-state index contributed by atoms with van der Waals surface area (Å²) < 4.78 is 96.1. The van der Waals surface area contributed by atoms with Crippen molar-refractivity contribution in [2.75, 3.05) is 0 Å². The maximum absolute atomic E-state index is 11.5. The molecule has 0 fully saturated rings. The van der Waals surface area contributed by atoms with Crippen LogP contribution in [0.4, 0.5) is 0 Å². The van der Waals surface area contributed by atoms with Crippen LogP contribution in [-0.2, 0) is 30.4 Å². The van der Waals surface area contributed by atoms with Crippen LogP contribution < -0.4 is 0 Å². The molecule has 0 aromatic heterocycles. The molecule has 0 saturated carbocycles. The van der Waals surface area contributed by atoms with Gasteiger partial charge in [-0.2, -0.15) is 25.3 Å². The lowest BCUT2D eigenvalue weighted by Gasteiger charge is -2.11. The maximum Gasteiger partial charge on any atom is 0.295 e. The Kier molecular flexibility index (Phi) is 4.51. The van der Waals surface area contributed by atoms with Gasteiger partial charge in [-0.1, -0.05) is 0 Å². The van der Waals surface area contributed by atoms with Gasteiger partial charge in [-0.15, -0.1) is 0 Å². The Balaban J connectivity index is 3.25. The van der Waals surface area contributed by atoms with Gasteiger partial charge in [0.25, 0.3) is 30.4 Å². The van der Waals surface area contributed by atoms with Crippen LogP contribution in [0.25, 0.3) is 10.8 Å². The van der Waals surface area contributed by atoms with E-state index in [4.69, 9.17) is 4.55 Å². The molecule has 0 spiro atoms. The van der Waals surface area contributed by atoms with Crippen LogP contribution in [0, 0.1) is 3.57 Å². The van der Waals surface area contributed by atoms with Crippen LogP contribution in [0.3, 0.4) is 0 Å². The first-order valence-corrected chi connectivity index (χ1v) is 10.8. The molecule has 0 amide bonds. The fourth-order valence-corrected chi connectivity index (χ4v) is 4.91. The Morgan fingerprint density at radius 3 is 1.70 bits per heavy atom. The highest BCUT2D eigenvalue weighted by molar-refractivity contribution is 14.1. The minimum absolute atomic E-state index is 0.166. The molecule has 0 aliphatic rings. The second-order valence-corrected chi connectivity index (χ2v) is 9.68. The molecule has 23 heavy (non-hydrogen) atoms. The third kappa shape index (κ3) is 3.65. The zero-order chi connectivity index (χ0) is 17.8. The fraction of sp³-hybridized carbons (Fsp3) is 0. The van der Waals surface area contributed by atoms with Crippen molar-refractivity contribution >= 4 is 63.7 Å². The molecule has 0 aliphatic carbocycles. The summed E-state index contributed by atoms with van der Waals surface area (Å²) in [5.41, 5.74) is 0. The van der Waals surface area contributed by atoms with E-state index in [0.717, 1.165) is 12.1 Å². The van der Waals surface area contributed by atoms with Gasteiger partial charge in [-0.05, 0) is 46.9 Å². The highest BCUT2D eigenvalue weighted by atomic mass is 127. The third-order valence-corrected chi connectivity index (χ3v) is 6.33. The Morgan fingerprint density at radius 2 is 1.26 bits per heavy atom. The summed E-state index contributed by atoms with van der Waals surface area (Å²) in [7, 11) is -14.7. The van der Waals surface area contributed by atoms with Gasteiger partial charge in [0.2, 0.25) is 0 Å². The summed E-state index contributed by atoms with van der Waals surface area (Å²) in [6.07, 6.45) is 0. The highest BCUT2D eigenvalue weighted by Crippen LogP contribution is 2.34. The van der Waals surface area contributed by atoms with Crippen molar-refractivity contribution in [3.05, 3.63) is 27.8 Å². The number of hydrogen-bond acceptors (Lipinski definition) is 6. The van der Waals surface area contributed by atoms with E-state index in [1.807, 2.05) is 0 Å². The van der Waals surface area contributed by atoms with Crippen LogP contribution in [0.15, 0.2) is 39.0 Å². The van der Waals surface area contributed by atoms with Gasteiger partial charge in [0.05, 0.1) is 4.90 Å². The SMILES string of the molecule is O=S(=O)(O)c1cc(S(=O)(=O)O)c2c(I)ccc(S(=O)(=O)O)c2c1. The van der Waals surface area contributed by atoms with Gasteiger partial charge in [0.1, 0.15) is 9.79 Å². The lowest BCUT2D eigenvalue weighted by atomic mass is 10.1. The van der Waals surface area contributed by atoms with Crippen molar-refractivity contribution in [3.8, 4) is 0 Å². The zero-order valence-corrected chi connectivity index (χ0v) is 15.3. The molecule has 3 N–H and O–H groups in total. The summed E-state index contributed by atoms with van der Waals surface area (Å²) in [6.45, 7) is 0. The van der Waals surface area contributed by atoms with Crippen LogP contribution >= 0.6 is 22.6 Å². The Bertz CT molecular complexity index is 1130. The van der Waals surface area contributed by atoms with Gasteiger partial charge in [-0.3, -0.25) is 13.7 Å². The van der Waals surface area contributed by atoms with E-state index in [0.29, 0.717) is 12.1 Å². The number of fused-ring (bicyclic) bond motifs is 1. The standard InChI is InChI=1S/C10H7IO9S3/c11-7-1-2-8(22(15,16)17)6-3-5(21(12,13)14)4-9(10(6)7)23(18,19)20/h1-4H,(H,12,13,14)(H,15,16,17)(H,18,19,20). The molecule has 0 saturated heterocycles. The quantitative estimate of drug-likeness (QED) is 0.420. The number of benzene rings is 2. The first-order valence-electron chi connectivity index (χ1n) is 5.41. The van der Waals surface area contributed by atoms with Gasteiger partial charge >= 0.3 is 0 Å². The average Bonchev–Trinajstić information content (AvgIpc) is 2.34. The van der Waals surface area contributed by atoms with Gasteiger partial charge in [0, 0.05) is 14.3 Å². The molecule has 13 heteroatoms. The summed E-state index contributed by atoms with van der Waals surface area (Å²) in [5.74, 6) is 0. The summed E-state index contributed by atoms with van der Waals surface area (Å²) in [5, 5.41) is -0.794. The van der Waals surface area contributed by atoms with E-state index in [2.05, 4.69) is 0 Å². The molecule has 0 radical (unpaired) electrons. The minimum Gasteiger partial charge on any atom is -0.282 e. The van der Waals surface area contributed by atoms with E-state index in [1.54, 1.807) is 22.6 Å². The predicted molar refractivity (Wildman–Crippen MR) is 86.1 cm³/mol. The average molecular weight is 494 g/mol. The molecule has 126 valence electrons. The number of rotatable bonds is 3. The van der Waals surface area contributed by atoms with Crippen LogP contribution in [0.1, 0.15) is 0 Å². The second kappa shape index (κ2) is 5.61. The molecular formula is C10H7IO9S3. The highest BCUT2D eigenvalue weighted by Gasteiger charge is 2.25. The predicted octanol–water partition coefficient (Wildman–Crippen LogP) is 1.18. The Labute approximate surface area is 144 Å². The third-order valence-electron chi connectivity index (χ3n) is 2.81. The minimum atomic E-state index is -4.95. The van der Waals surface area contributed by atoms with Crippen molar-refractivity contribution in [3.63, 3.8) is 0 Å². The van der Waals surface area contributed by atoms with Gasteiger partial charge in [0.15, 0.2) is 0 Å². The second-order valence-electron chi connectivity index (χ2n) is 4.31. The molecule has 2 aromatic rings. The molecule has 9 nitrogen and oxygen atoms in total. The first-order chi connectivity index (χ1) is 10.2. The summed E-state index contributed by atoms with van der Waals surface area (Å²) >= 11 is 1.64. The van der Waals surface area contributed by atoms with Gasteiger partial charge < -0.3 is 0 Å². The molecular weight excluding hydrogens is 487 g/mol. The van der Waals surface area contributed by atoms with Crippen LogP contribution in [-0.4, -0.2) is 38.9 Å². The van der Waals surface area contributed by atoms with Crippen molar-refractivity contribution in [1.82, 2.24) is 0 Å². The van der Waals surface area contributed by atoms with Crippen LogP contribution in [0.2, 0.25) is 0 Å². The Morgan fingerprint density at radius 1 is 0.739 bits per heavy atom. The van der Waals surface area contributed by atoms with E-state index in [1.165, 1.54) is 0 Å². The summed E-state index contributed by atoms with van der Waals surface area (Å²) in [4.78, 5) is -2.65. The number of hydrogen-bond donors (Lipinski definition) is 3. The van der Waals surface area contributed by atoms with E-state index in [-0.39, 0.29) is 8.96 Å². The first kappa shape index (κ1) is 18.5. The van der Waals surface area contributed by atoms with Crippen molar-refractivity contribution < 1.29 is 38.9 Å². The molecule has 2 aromatic carbocycles. The van der Waals surface area contributed by atoms with E-state index in [9.17, 15) is 34.4 Å². The van der Waals surface area contributed by atoms with E-state index < -0.39 is 50.4 Å². The molecule has 2 rings (SSSR count). The molecule has 0 heterocycles. The maximum atomic E-state index is 11.5. The topological polar surface area (TPSA) is 163 Å².